The molecule has 0 aliphatic heterocycles. The van der Waals surface area contributed by atoms with Crippen LogP contribution in [0.3, 0.4) is 0 Å². The number of halogens is 3. The van der Waals surface area contributed by atoms with E-state index in [-0.39, 0.29) is 17.1 Å². The highest BCUT2D eigenvalue weighted by Crippen LogP contribution is 2.29. The van der Waals surface area contributed by atoms with E-state index >= 15 is 0 Å². The van der Waals surface area contributed by atoms with Crippen LogP contribution in [0.1, 0.15) is 27.0 Å². The lowest BCUT2D eigenvalue weighted by Gasteiger charge is -2.12. The van der Waals surface area contributed by atoms with Crippen LogP contribution in [0.25, 0.3) is 0 Å². The first-order chi connectivity index (χ1) is 14.2. The summed E-state index contributed by atoms with van der Waals surface area (Å²) in [5.41, 5.74) is 6.12. The zero-order valence-corrected chi connectivity index (χ0v) is 15.7. The molecule has 0 bridgehead atoms. The van der Waals surface area contributed by atoms with Crippen LogP contribution in [0.15, 0.2) is 54.9 Å². The van der Waals surface area contributed by atoms with Crippen LogP contribution in [0.5, 0.6) is 0 Å². The molecule has 154 valence electrons. The molecule has 0 atom stereocenters. The van der Waals surface area contributed by atoms with Gasteiger partial charge in [0.1, 0.15) is 18.0 Å². The number of nitrogens with one attached hydrogen (secondary N) is 3. The van der Waals surface area contributed by atoms with Gasteiger partial charge in [0, 0.05) is 23.9 Å². The van der Waals surface area contributed by atoms with Crippen LogP contribution in [0, 0.1) is 5.41 Å². The topological polar surface area (TPSA) is 117 Å². The molecule has 5 N–H and O–H groups in total. The molecule has 0 radical (unpaired) electrons. The molecule has 0 spiro atoms. The van der Waals surface area contributed by atoms with E-state index in [1.807, 2.05) is 0 Å². The SMILES string of the molecule is CNc1ncnc(N)c1C(=N)c1ccc(NC(=O)c2cccc(C(F)(F)F)c2)cc1. The van der Waals surface area contributed by atoms with Crippen LogP contribution < -0.4 is 16.4 Å². The van der Waals surface area contributed by atoms with Crippen LogP contribution in [0.2, 0.25) is 0 Å². The van der Waals surface area contributed by atoms with E-state index in [4.69, 9.17) is 11.1 Å². The summed E-state index contributed by atoms with van der Waals surface area (Å²) in [4.78, 5) is 20.2. The first kappa shape index (κ1) is 20.8. The standard InChI is InChI=1S/C20H17F3N6O/c1-26-18-15(17(25)27-10-28-18)16(24)11-5-7-14(8-6-11)29-19(30)12-3-2-4-13(9-12)20(21,22)23/h2-10,24H,1H3,(H,29,30)(H3,25,26,27,28). The lowest BCUT2D eigenvalue weighted by molar-refractivity contribution is -0.137. The van der Waals surface area contributed by atoms with Crippen molar-refractivity contribution in [3.05, 3.63) is 77.1 Å². The molecule has 0 aliphatic rings. The molecule has 1 heterocycles. The number of nitrogens with zero attached hydrogens (tertiary/aromatic N) is 2. The van der Waals surface area contributed by atoms with Gasteiger partial charge in [-0.1, -0.05) is 18.2 Å². The second kappa shape index (κ2) is 8.19. The van der Waals surface area contributed by atoms with Crippen LogP contribution >= 0.6 is 0 Å². The number of carbonyl (C=O) groups is 1. The second-order valence-electron chi connectivity index (χ2n) is 6.22. The average Bonchev–Trinajstić information content (AvgIpc) is 2.73. The van der Waals surface area contributed by atoms with E-state index in [0.717, 1.165) is 12.1 Å². The fraction of sp³-hybridized carbons (Fsp3) is 0.100. The van der Waals surface area contributed by atoms with Crippen molar-refractivity contribution in [3.8, 4) is 0 Å². The van der Waals surface area contributed by atoms with Crippen molar-refractivity contribution in [1.29, 1.82) is 5.41 Å². The van der Waals surface area contributed by atoms with E-state index in [1.165, 1.54) is 30.6 Å². The predicted molar refractivity (Wildman–Crippen MR) is 108 cm³/mol. The molecule has 0 fully saturated rings. The van der Waals surface area contributed by atoms with Gasteiger partial charge in [-0.2, -0.15) is 13.2 Å². The lowest BCUT2D eigenvalue weighted by atomic mass is 10.0. The number of amides is 1. The van der Waals surface area contributed by atoms with E-state index in [1.54, 1.807) is 19.2 Å². The van der Waals surface area contributed by atoms with Gasteiger partial charge in [-0.15, -0.1) is 0 Å². The van der Waals surface area contributed by atoms with Crippen molar-refractivity contribution in [2.75, 3.05) is 23.4 Å². The number of hydrogen-bond acceptors (Lipinski definition) is 6. The van der Waals surface area contributed by atoms with E-state index in [0.29, 0.717) is 22.6 Å². The largest absolute Gasteiger partial charge is 0.416 e. The number of benzene rings is 2. The molecule has 1 aromatic heterocycles. The van der Waals surface area contributed by atoms with Crippen LogP contribution in [-0.2, 0) is 6.18 Å². The highest BCUT2D eigenvalue weighted by Gasteiger charge is 2.30. The first-order valence-electron chi connectivity index (χ1n) is 8.67. The summed E-state index contributed by atoms with van der Waals surface area (Å²) in [6.07, 6.45) is -3.25. The molecule has 0 saturated carbocycles. The summed E-state index contributed by atoms with van der Waals surface area (Å²) < 4.78 is 38.5. The van der Waals surface area contributed by atoms with Gasteiger partial charge in [-0.3, -0.25) is 10.2 Å². The third kappa shape index (κ3) is 4.37. The summed E-state index contributed by atoms with van der Waals surface area (Å²) in [6, 6.07) is 10.4. The summed E-state index contributed by atoms with van der Waals surface area (Å²) in [6.45, 7) is 0. The third-order valence-corrected chi connectivity index (χ3v) is 4.25. The number of hydrogen-bond donors (Lipinski definition) is 4. The molecular weight excluding hydrogens is 397 g/mol. The van der Waals surface area contributed by atoms with Gasteiger partial charge in [-0.25, -0.2) is 9.97 Å². The van der Waals surface area contributed by atoms with E-state index in [9.17, 15) is 18.0 Å². The highest BCUT2D eigenvalue weighted by molar-refractivity contribution is 6.16. The highest BCUT2D eigenvalue weighted by atomic mass is 19.4. The predicted octanol–water partition coefficient (Wildman–Crippen LogP) is 3.79. The fourth-order valence-corrected chi connectivity index (χ4v) is 2.74. The quantitative estimate of drug-likeness (QED) is 0.474. The Labute approximate surface area is 169 Å². The van der Waals surface area contributed by atoms with Gasteiger partial charge < -0.3 is 16.4 Å². The Bertz CT molecular complexity index is 1100. The van der Waals surface area contributed by atoms with E-state index < -0.39 is 17.6 Å². The zero-order chi connectivity index (χ0) is 21.9. The van der Waals surface area contributed by atoms with Gasteiger partial charge in [-0.05, 0) is 30.3 Å². The Hall–Kier alpha value is -3.95. The molecular formula is C20H17F3N6O. The summed E-state index contributed by atoms with van der Waals surface area (Å²) in [5.74, 6) is -0.141. The van der Waals surface area contributed by atoms with Crippen molar-refractivity contribution >= 4 is 28.9 Å². The number of nitrogen functional groups attached to an aromatic ring is 1. The maximum Gasteiger partial charge on any atom is 0.416 e. The van der Waals surface area contributed by atoms with Gasteiger partial charge in [0.05, 0.1) is 16.8 Å². The summed E-state index contributed by atoms with van der Waals surface area (Å²) in [5, 5.41) is 13.8. The Morgan fingerprint density at radius 3 is 2.40 bits per heavy atom. The van der Waals surface area contributed by atoms with Gasteiger partial charge in [0.25, 0.3) is 5.91 Å². The zero-order valence-electron chi connectivity index (χ0n) is 15.7. The molecule has 2 aromatic carbocycles. The Kier molecular flexibility index (Phi) is 5.67. The number of carbonyl (C=O) groups excluding carboxylic acids is 1. The van der Waals surface area contributed by atoms with Crippen LogP contribution in [0.4, 0.5) is 30.5 Å². The second-order valence-corrected chi connectivity index (χ2v) is 6.22. The molecule has 30 heavy (non-hydrogen) atoms. The minimum atomic E-state index is -4.53. The van der Waals surface area contributed by atoms with Gasteiger partial charge >= 0.3 is 6.18 Å². The summed E-state index contributed by atoms with van der Waals surface area (Å²) in [7, 11) is 1.64. The molecule has 3 rings (SSSR count). The number of alkyl halides is 3. The van der Waals surface area contributed by atoms with E-state index in [2.05, 4.69) is 20.6 Å². The smallest absolute Gasteiger partial charge is 0.383 e. The molecule has 3 aromatic rings. The average molecular weight is 414 g/mol. The van der Waals surface area contributed by atoms with Crippen molar-refractivity contribution in [1.82, 2.24) is 9.97 Å². The number of nitrogens with two attached hydrogens (primary N) is 1. The molecule has 1 amide bonds. The minimum absolute atomic E-state index is 0.0770. The molecule has 0 saturated heterocycles. The van der Waals surface area contributed by atoms with Crippen molar-refractivity contribution in [3.63, 3.8) is 0 Å². The molecule has 10 heteroatoms. The molecule has 7 nitrogen and oxygen atoms in total. The van der Waals surface area contributed by atoms with Crippen molar-refractivity contribution in [2.45, 2.75) is 6.18 Å². The van der Waals surface area contributed by atoms with Gasteiger partial charge in [0.2, 0.25) is 0 Å². The molecule has 0 unspecified atom stereocenters. The first-order valence-corrected chi connectivity index (χ1v) is 8.67. The monoisotopic (exact) mass is 414 g/mol. The number of aromatic nitrogens is 2. The minimum Gasteiger partial charge on any atom is -0.383 e. The maximum atomic E-state index is 12.8. The third-order valence-electron chi connectivity index (χ3n) is 4.25. The summed E-state index contributed by atoms with van der Waals surface area (Å²) >= 11 is 0. The number of anilines is 3. The Balaban J connectivity index is 1.79. The Morgan fingerprint density at radius 2 is 1.77 bits per heavy atom. The van der Waals surface area contributed by atoms with Crippen molar-refractivity contribution in [2.24, 2.45) is 0 Å². The molecule has 0 aliphatic carbocycles. The normalized spacial score (nSPS) is 11.1. The van der Waals surface area contributed by atoms with Gasteiger partial charge in [0.15, 0.2) is 0 Å². The number of rotatable bonds is 5. The fourth-order valence-electron chi connectivity index (χ4n) is 2.74. The Morgan fingerprint density at radius 1 is 1.07 bits per heavy atom. The lowest BCUT2D eigenvalue weighted by Crippen LogP contribution is -2.14. The van der Waals surface area contributed by atoms with Crippen molar-refractivity contribution < 1.29 is 18.0 Å². The van der Waals surface area contributed by atoms with Crippen LogP contribution in [-0.4, -0.2) is 28.6 Å². The maximum absolute atomic E-state index is 12.8.